The monoisotopic (exact) mass is 429 g/mol. The highest BCUT2D eigenvalue weighted by atomic mass is 127. The molecule has 1 aromatic rings. The Balaban J connectivity index is 0.00000192. The Morgan fingerprint density at radius 3 is 2.39 bits per heavy atom. The smallest absolute Gasteiger partial charge is 0.191 e. The lowest BCUT2D eigenvalue weighted by Gasteiger charge is -2.28. The van der Waals surface area contributed by atoms with Crippen LogP contribution in [-0.4, -0.2) is 42.0 Å². The second kappa shape index (κ2) is 9.30. The Hall–Kier alpha value is -1.05. The zero-order valence-corrected chi connectivity index (χ0v) is 16.1. The lowest BCUT2D eigenvalue weighted by atomic mass is 10.1. The number of hydrogen-bond donors (Lipinski definition) is 1. The molecule has 3 rings (SSSR count). The Morgan fingerprint density at radius 1 is 1.04 bits per heavy atom. The number of rotatable bonds is 3. The quantitative estimate of drug-likeness (QED) is 0.456. The van der Waals surface area contributed by atoms with Crippen molar-refractivity contribution in [1.29, 1.82) is 0 Å². The molecule has 2 fully saturated rings. The fourth-order valence-corrected chi connectivity index (χ4v) is 3.25. The van der Waals surface area contributed by atoms with Crippen molar-refractivity contribution in [2.45, 2.75) is 45.1 Å². The molecule has 5 nitrogen and oxygen atoms in total. The summed E-state index contributed by atoms with van der Waals surface area (Å²) in [6.07, 6.45) is 9.54. The lowest BCUT2D eigenvalue weighted by molar-refractivity contribution is 0.338. The normalized spacial score (nSPS) is 19.4. The topological polar surface area (TPSA) is 57.8 Å². The minimum absolute atomic E-state index is 0. The molecule has 2 N–H and O–H groups in total. The maximum absolute atomic E-state index is 6.13. The van der Waals surface area contributed by atoms with Gasteiger partial charge < -0.3 is 15.5 Å². The summed E-state index contributed by atoms with van der Waals surface area (Å²) in [6.45, 7) is 4.98. The van der Waals surface area contributed by atoms with Gasteiger partial charge in [0.15, 0.2) is 5.96 Å². The molecule has 0 spiro atoms. The van der Waals surface area contributed by atoms with Gasteiger partial charge in [0.2, 0.25) is 0 Å². The van der Waals surface area contributed by atoms with Crippen molar-refractivity contribution >= 4 is 35.8 Å². The van der Waals surface area contributed by atoms with Crippen molar-refractivity contribution in [3.8, 4) is 0 Å². The maximum atomic E-state index is 6.13. The van der Waals surface area contributed by atoms with Crippen molar-refractivity contribution in [1.82, 2.24) is 9.88 Å². The third-order valence-electron chi connectivity index (χ3n) is 4.59. The largest absolute Gasteiger partial charge is 0.370 e. The zero-order chi connectivity index (χ0) is 15.2. The number of guanidine groups is 1. The van der Waals surface area contributed by atoms with Crippen LogP contribution in [0.3, 0.4) is 0 Å². The average Bonchev–Trinajstić information content (AvgIpc) is 2.61. The van der Waals surface area contributed by atoms with Crippen LogP contribution >= 0.6 is 24.0 Å². The molecule has 6 heteroatoms. The van der Waals surface area contributed by atoms with Crippen LogP contribution in [0.25, 0.3) is 0 Å². The van der Waals surface area contributed by atoms with E-state index in [2.05, 4.69) is 25.8 Å². The molecular weight excluding hydrogens is 401 g/mol. The standard InChI is InChI=1S/C17H27N5.HI/c18-17(22-11-5-2-6-12-22)20-14-15-7-8-19-16(13-15)21-9-3-1-4-10-21;/h7-8,13H,1-6,9-12,14H2,(H2,18,20);1H. The molecule has 0 aliphatic carbocycles. The number of nitrogens with zero attached hydrogens (tertiary/aromatic N) is 4. The number of aliphatic imine (C=N–C) groups is 1. The van der Waals surface area contributed by atoms with E-state index in [0.29, 0.717) is 12.5 Å². The van der Waals surface area contributed by atoms with Gasteiger partial charge in [-0.1, -0.05) is 0 Å². The average molecular weight is 429 g/mol. The van der Waals surface area contributed by atoms with Crippen LogP contribution < -0.4 is 10.6 Å². The summed E-state index contributed by atoms with van der Waals surface area (Å²) in [5.41, 5.74) is 7.32. The van der Waals surface area contributed by atoms with E-state index in [0.717, 1.165) is 32.0 Å². The molecular formula is C17H28IN5. The van der Waals surface area contributed by atoms with Gasteiger partial charge in [-0.15, -0.1) is 24.0 Å². The van der Waals surface area contributed by atoms with Gasteiger partial charge >= 0.3 is 0 Å². The molecule has 0 amide bonds. The molecule has 2 aliphatic rings. The van der Waals surface area contributed by atoms with Crippen molar-refractivity contribution in [2.24, 2.45) is 10.7 Å². The zero-order valence-electron chi connectivity index (χ0n) is 13.8. The van der Waals surface area contributed by atoms with Crippen molar-refractivity contribution in [2.75, 3.05) is 31.1 Å². The minimum Gasteiger partial charge on any atom is -0.370 e. The van der Waals surface area contributed by atoms with Crippen molar-refractivity contribution in [3.63, 3.8) is 0 Å². The van der Waals surface area contributed by atoms with Crippen LogP contribution in [0.5, 0.6) is 0 Å². The molecule has 0 radical (unpaired) electrons. The number of likely N-dealkylation sites (tertiary alicyclic amines) is 1. The maximum Gasteiger partial charge on any atom is 0.191 e. The Morgan fingerprint density at radius 2 is 1.70 bits per heavy atom. The highest BCUT2D eigenvalue weighted by molar-refractivity contribution is 14.0. The van der Waals surface area contributed by atoms with Gasteiger partial charge in [-0.2, -0.15) is 0 Å². The van der Waals surface area contributed by atoms with Gasteiger partial charge in [-0.05, 0) is 56.2 Å². The molecule has 1 aromatic heterocycles. The number of piperidine rings is 2. The molecule has 2 aliphatic heterocycles. The van der Waals surface area contributed by atoms with E-state index in [9.17, 15) is 0 Å². The van der Waals surface area contributed by atoms with Crippen molar-refractivity contribution < 1.29 is 0 Å². The van der Waals surface area contributed by atoms with Gasteiger partial charge in [-0.3, -0.25) is 0 Å². The summed E-state index contributed by atoms with van der Waals surface area (Å²) >= 11 is 0. The highest BCUT2D eigenvalue weighted by Crippen LogP contribution is 2.18. The Bertz CT molecular complexity index is 507. The summed E-state index contributed by atoms with van der Waals surface area (Å²) in [6, 6.07) is 4.21. The third kappa shape index (κ3) is 5.22. The second-order valence-electron chi connectivity index (χ2n) is 6.29. The van der Waals surface area contributed by atoms with Gasteiger partial charge in [-0.25, -0.2) is 9.98 Å². The van der Waals surface area contributed by atoms with E-state index >= 15 is 0 Å². The van der Waals surface area contributed by atoms with Crippen LogP contribution in [-0.2, 0) is 6.54 Å². The summed E-state index contributed by atoms with van der Waals surface area (Å²) in [5, 5.41) is 0. The molecule has 3 heterocycles. The number of nitrogens with two attached hydrogens (primary N) is 1. The Kier molecular flexibility index (Phi) is 7.39. The SMILES string of the molecule is I.NC(=NCc1ccnc(N2CCCCC2)c1)N1CCCCC1. The first-order chi connectivity index (χ1) is 10.8. The molecule has 2 saturated heterocycles. The van der Waals surface area contributed by atoms with Crippen LogP contribution in [0.4, 0.5) is 5.82 Å². The van der Waals surface area contributed by atoms with E-state index in [1.165, 1.54) is 44.1 Å². The number of halogens is 1. The predicted octanol–water partition coefficient (Wildman–Crippen LogP) is 2.99. The predicted molar refractivity (Wildman–Crippen MR) is 106 cm³/mol. The molecule has 0 bridgehead atoms. The first-order valence-corrected chi connectivity index (χ1v) is 8.58. The van der Waals surface area contributed by atoms with Crippen LogP contribution in [0.2, 0.25) is 0 Å². The van der Waals surface area contributed by atoms with Gasteiger partial charge in [0.05, 0.1) is 6.54 Å². The number of pyridine rings is 1. The molecule has 0 saturated carbocycles. The number of aromatic nitrogens is 1. The number of anilines is 1. The molecule has 0 unspecified atom stereocenters. The summed E-state index contributed by atoms with van der Waals surface area (Å²) < 4.78 is 0. The Labute approximate surface area is 156 Å². The first kappa shape index (κ1) is 18.3. The van der Waals surface area contributed by atoms with E-state index in [4.69, 9.17) is 5.73 Å². The number of hydrogen-bond acceptors (Lipinski definition) is 3. The van der Waals surface area contributed by atoms with E-state index in [-0.39, 0.29) is 24.0 Å². The summed E-state index contributed by atoms with van der Waals surface area (Å²) in [5.74, 6) is 1.78. The van der Waals surface area contributed by atoms with Crippen LogP contribution in [0, 0.1) is 0 Å². The van der Waals surface area contributed by atoms with Crippen LogP contribution in [0.1, 0.15) is 44.1 Å². The van der Waals surface area contributed by atoms with E-state index < -0.39 is 0 Å². The lowest BCUT2D eigenvalue weighted by Crippen LogP contribution is -2.40. The van der Waals surface area contributed by atoms with Crippen molar-refractivity contribution in [3.05, 3.63) is 23.9 Å². The second-order valence-corrected chi connectivity index (χ2v) is 6.29. The fourth-order valence-electron chi connectivity index (χ4n) is 3.25. The minimum atomic E-state index is 0. The van der Waals surface area contributed by atoms with Gasteiger partial charge in [0, 0.05) is 32.4 Å². The first-order valence-electron chi connectivity index (χ1n) is 8.58. The molecule has 0 atom stereocenters. The van der Waals surface area contributed by atoms with E-state index in [1.54, 1.807) is 0 Å². The van der Waals surface area contributed by atoms with Crippen LogP contribution in [0.15, 0.2) is 23.3 Å². The van der Waals surface area contributed by atoms with E-state index in [1.807, 2.05) is 12.3 Å². The van der Waals surface area contributed by atoms with Gasteiger partial charge in [0.1, 0.15) is 5.82 Å². The third-order valence-corrected chi connectivity index (χ3v) is 4.59. The molecule has 0 aromatic carbocycles. The molecule has 23 heavy (non-hydrogen) atoms. The highest BCUT2D eigenvalue weighted by Gasteiger charge is 2.13. The summed E-state index contributed by atoms with van der Waals surface area (Å²) in [7, 11) is 0. The summed E-state index contributed by atoms with van der Waals surface area (Å²) in [4.78, 5) is 13.7. The molecule has 128 valence electrons. The fraction of sp³-hybridized carbons (Fsp3) is 0.647. The van der Waals surface area contributed by atoms with Gasteiger partial charge in [0.25, 0.3) is 0 Å².